The molecule has 0 aromatic heterocycles. The van der Waals surface area contributed by atoms with E-state index in [1.807, 2.05) is 0 Å². The summed E-state index contributed by atoms with van der Waals surface area (Å²) in [5.74, 6) is 0. The lowest BCUT2D eigenvalue weighted by atomic mass is 10.1. The number of nitrogens with one attached hydrogen (secondary N) is 1. The molecule has 0 amide bonds. The standard InChI is InChI=1S/C12H13F3N2O2/c1-8(16-11(5-6-11)12(13,14)15)9-3-2-4-10(7-9)17(18)19/h2-4,7-8,16H,5-6H2,1H3. The molecule has 0 saturated heterocycles. The maximum atomic E-state index is 12.8. The first-order valence-electron chi connectivity index (χ1n) is 5.84. The molecular formula is C12H13F3N2O2. The van der Waals surface area contributed by atoms with Gasteiger partial charge in [-0.3, -0.25) is 15.4 Å². The summed E-state index contributed by atoms with van der Waals surface area (Å²) in [4.78, 5) is 10.1. The summed E-state index contributed by atoms with van der Waals surface area (Å²) in [5.41, 5.74) is -1.47. The Hall–Kier alpha value is -1.63. The van der Waals surface area contributed by atoms with E-state index in [4.69, 9.17) is 0 Å². The fraction of sp³-hybridized carbons (Fsp3) is 0.500. The lowest BCUT2D eigenvalue weighted by molar-refractivity contribution is -0.384. The van der Waals surface area contributed by atoms with Gasteiger partial charge in [0.25, 0.3) is 5.69 Å². The van der Waals surface area contributed by atoms with Gasteiger partial charge < -0.3 is 0 Å². The summed E-state index contributed by atoms with van der Waals surface area (Å²) in [5, 5.41) is 13.2. The zero-order valence-electron chi connectivity index (χ0n) is 10.2. The third kappa shape index (κ3) is 2.70. The van der Waals surface area contributed by atoms with Crippen molar-refractivity contribution in [3.05, 3.63) is 39.9 Å². The zero-order valence-corrected chi connectivity index (χ0v) is 10.2. The van der Waals surface area contributed by atoms with Crippen LogP contribution in [0.25, 0.3) is 0 Å². The summed E-state index contributed by atoms with van der Waals surface area (Å²) < 4.78 is 38.4. The van der Waals surface area contributed by atoms with Gasteiger partial charge in [-0.1, -0.05) is 12.1 Å². The van der Waals surface area contributed by atoms with Crippen molar-refractivity contribution in [2.75, 3.05) is 0 Å². The van der Waals surface area contributed by atoms with E-state index in [9.17, 15) is 23.3 Å². The molecule has 1 saturated carbocycles. The Labute approximate surface area is 107 Å². The molecule has 19 heavy (non-hydrogen) atoms. The Balaban J connectivity index is 2.15. The fourth-order valence-electron chi connectivity index (χ4n) is 2.04. The maximum absolute atomic E-state index is 12.8. The number of nitro groups is 1. The number of alkyl halides is 3. The van der Waals surface area contributed by atoms with Gasteiger partial charge in [0.1, 0.15) is 5.54 Å². The number of rotatable bonds is 4. The predicted molar refractivity (Wildman–Crippen MR) is 62.7 cm³/mol. The van der Waals surface area contributed by atoms with E-state index in [0.29, 0.717) is 5.56 Å². The van der Waals surface area contributed by atoms with Crippen molar-refractivity contribution in [3.63, 3.8) is 0 Å². The van der Waals surface area contributed by atoms with Crippen LogP contribution >= 0.6 is 0 Å². The smallest absolute Gasteiger partial charge is 0.297 e. The second-order valence-corrected chi connectivity index (χ2v) is 4.80. The molecule has 104 valence electrons. The average molecular weight is 274 g/mol. The molecule has 1 aliphatic rings. The fourth-order valence-corrected chi connectivity index (χ4v) is 2.04. The minimum Gasteiger partial charge on any atom is -0.297 e. The number of benzene rings is 1. The summed E-state index contributed by atoms with van der Waals surface area (Å²) in [6, 6.07) is 5.07. The van der Waals surface area contributed by atoms with Gasteiger partial charge in [-0.15, -0.1) is 0 Å². The van der Waals surface area contributed by atoms with Gasteiger partial charge in [0, 0.05) is 18.2 Å². The highest BCUT2D eigenvalue weighted by Crippen LogP contribution is 2.50. The molecule has 0 spiro atoms. The first-order valence-corrected chi connectivity index (χ1v) is 5.84. The van der Waals surface area contributed by atoms with Crippen LogP contribution in [0.2, 0.25) is 0 Å². The Morgan fingerprint density at radius 1 is 1.42 bits per heavy atom. The molecule has 1 aromatic carbocycles. The average Bonchev–Trinajstić information content (AvgIpc) is 3.09. The molecule has 0 heterocycles. The first kappa shape index (κ1) is 13.8. The lowest BCUT2D eigenvalue weighted by Crippen LogP contribution is -2.45. The molecule has 1 N–H and O–H groups in total. The van der Waals surface area contributed by atoms with Crippen molar-refractivity contribution in [1.29, 1.82) is 0 Å². The van der Waals surface area contributed by atoms with Crippen LogP contribution in [0.3, 0.4) is 0 Å². The van der Waals surface area contributed by atoms with Crippen molar-refractivity contribution < 1.29 is 18.1 Å². The van der Waals surface area contributed by atoms with Crippen LogP contribution in [0.1, 0.15) is 31.4 Å². The molecule has 0 aliphatic heterocycles. The Morgan fingerprint density at radius 2 is 2.05 bits per heavy atom. The van der Waals surface area contributed by atoms with E-state index in [-0.39, 0.29) is 18.5 Å². The minimum atomic E-state index is -4.29. The Kier molecular flexibility index (Phi) is 3.25. The number of nitro benzene ring substituents is 1. The van der Waals surface area contributed by atoms with E-state index < -0.39 is 22.7 Å². The van der Waals surface area contributed by atoms with Crippen LogP contribution < -0.4 is 5.32 Å². The second-order valence-electron chi connectivity index (χ2n) is 4.80. The third-order valence-corrected chi connectivity index (χ3v) is 3.37. The molecule has 7 heteroatoms. The maximum Gasteiger partial charge on any atom is 0.406 e. The van der Waals surface area contributed by atoms with Gasteiger partial charge in [-0.25, -0.2) is 0 Å². The molecular weight excluding hydrogens is 261 g/mol. The highest BCUT2D eigenvalue weighted by molar-refractivity contribution is 5.36. The van der Waals surface area contributed by atoms with Crippen molar-refractivity contribution >= 4 is 5.69 Å². The summed E-state index contributed by atoms with van der Waals surface area (Å²) >= 11 is 0. The van der Waals surface area contributed by atoms with E-state index in [0.717, 1.165) is 0 Å². The van der Waals surface area contributed by atoms with Gasteiger partial charge in [0.05, 0.1) is 4.92 Å². The van der Waals surface area contributed by atoms with Crippen LogP contribution in [-0.4, -0.2) is 16.6 Å². The number of hydrogen-bond acceptors (Lipinski definition) is 3. The van der Waals surface area contributed by atoms with E-state index in [1.54, 1.807) is 13.0 Å². The van der Waals surface area contributed by atoms with Gasteiger partial charge in [0.15, 0.2) is 0 Å². The van der Waals surface area contributed by atoms with Gasteiger partial charge in [0.2, 0.25) is 0 Å². The van der Waals surface area contributed by atoms with E-state index in [2.05, 4.69) is 5.32 Å². The first-order chi connectivity index (χ1) is 8.75. The second kappa shape index (κ2) is 4.48. The normalized spacial score (nSPS) is 18.9. The van der Waals surface area contributed by atoms with Crippen molar-refractivity contribution in [2.24, 2.45) is 0 Å². The van der Waals surface area contributed by atoms with Gasteiger partial charge in [-0.05, 0) is 25.3 Å². The van der Waals surface area contributed by atoms with Crippen LogP contribution in [0.15, 0.2) is 24.3 Å². The molecule has 1 atom stereocenters. The highest BCUT2D eigenvalue weighted by Gasteiger charge is 2.63. The number of nitrogens with zero attached hydrogens (tertiary/aromatic N) is 1. The zero-order chi connectivity index (χ0) is 14.3. The van der Waals surface area contributed by atoms with Crippen LogP contribution in [0.4, 0.5) is 18.9 Å². The topological polar surface area (TPSA) is 55.2 Å². The SMILES string of the molecule is CC(NC1(C(F)(F)F)CC1)c1cccc([N+](=O)[O-])c1. The molecule has 0 bridgehead atoms. The van der Waals surface area contributed by atoms with Crippen LogP contribution in [0.5, 0.6) is 0 Å². The molecule has 1 fully saturated rings. The highest BCUT2D eigenvalue weighted by atomic mass is 19.4. The monoisotopic (exact) mass is 274 g/mol. The van der Waals surface area contributed by atoms with E-state index in [1.165, 1.54) is 18.2 Å². The van der Waals surface area contributed by atoms with Gasteiger partial charge in [-0.2, -0.15) is 13.2 Å². The minimum absolute atomic E-state index is 0.0514. The summed E-state index contributed by atoms with van der Waals surface area (Å²) in [6.07, 6.45) is -4.19. The number of halogens is 3. The molecule has 1 aliphatic carbocycles. The van der Waals surface area contributed by atoms with Crippen LogP contribution in [0, 0.1) is 10.1 Å². The summed E-state index contributed by atoms with van der Waals surface area (Å²) in [6.45, 7) is 1.57. The Bertz CT molecular complexity index is 498. The Morgan fingerprint density at radius 3 is 2.53 bits per heavy atom. The third-order valence-electron chi connectivity index (χ3n) is 3.37. The van der Waals surface area contributed by atoms with Crippen LogP contribution in [-0.2, 0) is 0 Å². The number of hydrogen-bond donors (Lipinski definition) is 1. The van der Waals surface area contributed by atoms with Crippen molar-refractivity contribution in [1.82, 2.24) is 5.32 Å². The predicted octanol–water partition coefficient (Wildman–Crippen LogP) is 3.34. The molecule has 2 rings (SSSR count). The molecule has 1 unspecified atom stereocenters. The summed E-state index contributed by atoms with van der Waals surface area (Å²) in [7, 11) is 0. The van der Waals surface area contributed by atoms with E-state index >= 15 is 0 Å². The molecule has 1 aromatic rings. The molecule has 4 nitrogen and oxygen atoms in total. The van der Waals surface area contributed by atoms with Crippen molar-refractivity contribution in [2.45, 2.75) is 37.5 Å². The lowest BCUT2D eigenvalue weighted by Gasteiger charge is -2.25. The largest absolute Gasteiger partial charge is 0.406 e. The van der Waals surface area contributed by atoms with Gasteiger partial charge >= 0.3 is 6.18 Å². The number of non-ortho nitro benzene ring substituents is 1. The quantitative estimate of drug-likeness (QED) is 0.676. The molecule has 0 radical (unpaired) electrons. The van der Waals surface area contributed by atoms with Crippen molar-refractivity contribution in [3.8, 4) is 0 Å².